The molecule has 0 bridgehead atoms. The zero-order valence-electron chi connectivity index (χ0n) is 14.8. The molecular weight excluding hydrogens is 362 g/mol. The molecule has 8 nitrogen and oxygen atoms in total. The van der Waals surface area contributed by atoms with Gasteiger partial charge in [-0.2, -0.15) is 0 Å². The third-order valence-corrected chi connectivity index (χ3v) is 6.70. The zero-order valence-corrected chi connectivity index (χ0v) is 16.5. The van der Waals surface area contributed by atoms with Gasteiger partial charge in [-0.15, -0.1) is 10.2 Å². The molecule has 0 unspecified atom stereocenters. The maximum Gasteiger partial charge on any atom is 0.269 e. The van der Waals surface area contributed by atoms with Gasteiger partial charge >= 0.3 is 0 Å². The highest BCUT2D eigenvalue weighted by molar-refractivity contribution is 7.91. The number of aromatic nitrogens is 2. The van der Waals surface area contributed by atoms with Crippen molar-refractivity contribution in [3.63, 3.8) is 0 Å². The molecular formula is C15H27N5O3S2. The van der Waals surface area contributed by atoms with Crippen LogP contribution in [0.3, 0.4) is 0 Å². The Kier molecular flexibility index (Phi) is 7.73. The summed E-state index contributed by atoms with van der Waals surface area (Å²) in [7, 11) is -3.68. The Morgan fingerprint density at radius 2 is 1.88 bits per heavy atom. The minimum absolute atomic E-state index is 0.124. The van der Waals surface area contributed by atoms with E-state index in [1.165, 1.54) is 25.7 Å². The van der Waals surface area contributed by atoms with Gasteiger partial charge in [0.15, 0.2) is 0 Å². The molecule has 142 valence electrons. The molecule has 10 heteroatoms. The second-order valence-corrected chi connectivity index (χ2v) is 9.44. The second kappa shape index (κ2) is 9.56. The fourth-order valence-electron chi connectivity index (χ4n) is 2.55. The van der Waals surface area contributed by atoms with Crippen molar-refractivity contribution < 1.29 is 13.2 Å². The van der Waals surface area contributed by atoms with Gasteiger partial charge < -0.3 is 10.2 Å². The van der Waals surface area contributed by atoms with Crippen LogP contribution in [0.1, 0.15) is 46.0 Å². The lowest BCUT2D eigenvalue weighted by atomic mass is 10.2. The third kappa shape index (κ3) is 6.61. The molecule has 1 aliphatic rings. The maximum atomic E-state index is 12.2. The fourth-order valence-corrected chi connectivity index (χ4v) is 4.57. The molecule has 1 saturated heterocycles. The molecule has 0 aromatic carbocycles. The summed E-state index contributed by atoms with van der Waals surface area (Å²) in [5, 5.41) is 10.2. The van der Waals surface area contributed by atoms with Gasteiger partial charge in [0.2, 0.25) is 15.4 Å². The molecule has 25 heavy (non-hydrogen) atoms. The predicted octanol–water partition coefficient (Wildman–Crippen LogP) is 1.68. The monoisotopic (exact) mass is 389 g/mol. The normalized spacial score (nSPS) is 16.8. The SMILES string of the molecule is CC(C)C(=O)Nc1nnc(S(=O)(=O)NCCCN2CCCCCC2)s1. The van der Waals surface area contributed by atoms with Gasteiger partial charge in [-0.1, -0.05) is 38.0 Å². The van der Waals surface area contributed by atoms with E-state index in [0.29, 0.717) is 6.54 Å². The van der Waals surface area contributed by atoms with Gasteiger partial charge in [0.1, 0.15) is 0 Å². The Morgan fingerprint density at radius 3 is 2.52 bits per heavy atom. The van der Waals surface area contributed by atoms with E-state index in [-0.39, 0.29) is 21.3 Å². The van der Waals surface area contributed by atoms with E-state index in [4.69, 9.17) is 0 Å². The van der Waals surface area contributed by atoms with Crippen LogP contribution < -0.4 is 10.0 Å². The molecule has 1 aliphatic heterocycles. The number of amides is 1. The number of carbonyl (C=O) groups is 1. The number of rotatable bonds is 8. The molecule has 1 aromatic heterocycles. The zero-order chi connectivity index (χ0) is 18.3. The number of nitrogens with one attached hydrogen (secondary N) is 2. The lowest BCUT2D eigenvalue weighted by molar-refractivity contribution is -0.118. The first-order chi connectivity index (χ1) is 11.9. The number of carbonyl (C=O) groups excluding carboxylic acids is 1. The summed E-state index contributed by atoms with van der Waals surface area (Å²) in [6.07, 6.45) is 5.78. The average molecular weight is 390 g/mol. The van der Waals surface area contributed by atoms with Crippen molar-refractivity contribution in [2.24, 2.45) is 5.92 Å². The lowest BCUT2D eigenvalue weighted by Gasteiger charge is -2.19. The molecule has 1 fully saturated rings. The summed E-state index contributed by atoms with van der Waals surface area (Å²) in [6.45, 7) is 6.96. The topological polar surface area (TPSA) is 104 Å². The molecule has 0 aliphatic carbocycles. The summed E-state index contributed by atoms with van der Waals surface area (Å²) < 4.78 is 26.9. The number of anilines is 1. The Labute approximate surface area is 153 Å². The summed E-state index contributed by atoms with van der Waals surface area (Å²) >= 11 is 0.859. The van der Waals surface area contributed by atoms with E-state index >= 15 is 0 Å². The van der Waals surface area contributed by atoms with E-state index < -0.39 is 10.0 Å². The summed E-state index contributed by atoms with van der Waals surface area (Å²) in [4.78, 5) is 14.0. The van der Waals surface area contributed by atoms with Gasteiger partial charge in [-0.05, 0) is 38.9 Å². The van der Waals surface area contributed by atoms with E-state index in [1.807, 2.05) is 0 Å². The van der Waals surface area contributed by atoms with Crippen molar-refractivity contribution >= 4 is 32.4 Å². The van der Waals surface area contributed by atoms with Gasteiger partial charge in [-0.3, -0.25) is 4.79 Å². The van der Waals surface area contributed by atoms with Gasteiger partial charge in [-0.25, -0.2) is 13.1 Å². The standard InChI is InChI=1S/C15H27N5O3S2/c1-12(2)13(21)17-14-18-19-15(24-14)25(22,23)16-8-7-11-20-9-5-3-4-6-10-20/h12,16H,3-11H2,1-2H3,(H,17,18,21). The smallest absolute Gasteiger partial charge is 0.269 e. The van der Waals surface area contributed by atoms with Crippen LogP contribution in [-0.4, -0.2) is 55.6 Å². The van der Waals surface area contributed by atoms with Crippen molar-refractivity contribution in [2.75, 3.05) is 31.5 Å². The van der Waals surface area contributed by atoms with Crippen molar-refractivity contribution in [3.8, 4) is 0 Å². The average Bonchev–Trinajstić information content (AvgIpc) is 2.88. The van der Waals surface area contributed by atoms with Crippen LogP contribution in [-0.2, 0) is 14.8 Å². The first-order valence-corrected chi connectivity index (χ1v) is 11.0. The number of sulfonamides is 1. The molecule has 0 spiro atoms. The summed E-state index contributed by atoms with van der Waals surface area (Å²) in [5.74, 6) is -0.424. The number of likely N-dealkylation sites (tertiary alicyclic amines) is 1. The second-order valence-electron chi connectivity index (χ2n) is 6.52. The van der Waals surface area contributed by atoms with Crippen LogP contribution in [0.25, 0.3) is 0 Å². The Bertz CT molecular complexity index is 652. The molecule has 2 heterocycles. The Morgan fingerprint density at radius 1 is 1.20 bits per heavy atom. The minimum Gasteiger partial charge on any atom is -0.303 e. The molecule has 1 amide bonds. The molecule has 0 saturated carbocycles. The number of nitrogens with zero attached hydrogens (tertiary/aromatic N) is 3. The van der Waals surface area contributed by atoms with Gasteiger partial charge in [0.25, 0.3) is 10.0 Å². The molecule has 0 atom stereocenters. The Balaban J connectivity index is 1.79. The van der Waals surface area contributed by atoms with Crippen LogP contribution >= 0.6 is 11.3 Å². The summed E-state index contributed by atoms with van der Waals surface area (Å²) in [5.41, 5.74) is 0. The van der Waals surface area contributed by atoms with Crippen molar-refractivity contribution in [3.05, 3.63) is 0 Å². The van der Waals surface area contributed by atoms with Crippen molar-refractivity contribution in [1.29, 1.82) is 0 Å². The highest BCUT2D eigenvalue weighted by Gasteiger charge is 2.21. The summed E-state index contributed by atoms with van der Waals surface area (Å²) in [6, 6.07) is 0. The van der Waals surface area contributed by atoms with E-state index in [2.05, 4.69) is 25.1 Å². The van der Waals surface area contributed by atoms with Gasteiger partial charge in [0.05, 0.1) is 0 Å². The van der Waals surface area contributed by atoms with Crippen LogP contribution in [0.4, 0.5) is 5.13 Å². The first kappa shape index (κ1) is 20.2. The quantitative estimate of drug-likeness (QED) is 0.518. The van der Waals surface area contributed by atoms with Crippen molar-refractivity contribution in [2.45, 2.75) is 50.3 Å². The van der Waals surface area contributed by atoms with Gasteiger partial charge in [0, 0.05) is 12.5 Å². The van der Waals surface area contributed by atoms with E-state index in [9.17, 15) is 13.2 Å². The lowest BCUT2D eigenvalue weighted by Crippen LogP contribution is -2.30. The van der Waals surface area contributed by atoms with E-state index in [0.717, 1.165) is 37.4 Å². The van der Waals surface area contributed by atoms with Crippen LogP contribution in [0.5, 0.6) is 0 Å². The highest BCUT2D eigenvalue weighted by atomic mass is 32.2. The molecule has 2 N–H and O–H groups in total. The maximum absolute atomic E-state index is 12.2. The van der Waals surface area contributed by atoms with Crippen molar-refractivity contribution in [1.82, 2.24) is 19.8 Å². The molecule has 2 rings (SSSR count). The number of hydrogen-bond acceptors (Lipinski definition) is 7. The fraction of sp³-hybridized carbons (Fsp3) is 0.800. The Hall–Kier alpha value is -1.10. The largest absolute Gasteiger partial charge is 0.303 e. The first-order valence-electron chi connectivity index (χ1n) is 8.75. The third-order valence-electron chi connectivity index (χ3n) is 4.03. The minimum atomic E-state index is -3.68. The van der Waals surface area contributed by atoms with E-state index in [1.54, 1.807) is 13.8 Å². The highest BCUT2D eigenvalue weighted by Crippen LogP contribution is 2.20. The molecule has 0 radical (unpaired) electrons. The number of hydrogen-bond donors (Lipinski definition) is 2. The predicted molar refractivity (Wildman–Crippen MR) is 98.1 cm³/mol. The molecule has 1 aromatic rings. The van der Waals surface area contributed by atoms with Crippen LogP contribution in [0, 0.1) is 5.92 Å². The van der Waals surface area contributed by atoms with Crippen LogP contribution in [0.15, 0.2) is 4.34 Å². The van der Waals surface area contributed by atoms with Crippen LogP contribution in [0.2, 0.25) is 0 Å².